The zero-order valence-electron chi connectivity index (χ0n) is 26.7. The number of aldehydes is 1. The summed E-state index contributed by atoms with van der Waals surface area (Å²) in [5.41, 5.74) is 5.03. The summed E-state index contributed by atoms with van der Waals surface area (Å²) in [6.45, 7) is 2.50. The van der Waals surface area contributed by atoms with Crippen molar-refractivity contribution in [3.8, 4) is 0 Å². The van der Waals surface area contributed by atoms with Gasteiger partial charge >= 0.3 is 5.97 Å². The van der Waals surface area contributed by atoms with Crippen molar-refractivity contribution in [2.75, 3.05) is 13.2 Å². The van der Waals surface area contributed by atoms with Gasteiger partial charge in [0.1, 0.15) is 73.2 Å². The van der Waals surface area contributed by atoms with E-state index in [9.17, 15) is 64.2 Å². The Morgan fingerprint density at radius 1 is 0.938 bits per heavy atom. The van der Waals surface area contributed by atoms with E-state index in [2.05, 4.69) is 21.3 Å². The van der Waals surface area contributed by atoms with Gasteiger partial charge in [-0.2, -0.15) is 0 Å². The molecule has 1 aliphatic heterocycles. The van der Waals surface area contributed by atoms with E-state index >= 15 is 0 Å². The molecule has 5 amide bonds. The van der Waals surface area contributed by atoms with Crippen molar-refractivity contribution in [1.29, 1.82) is 0 Å². The average molecular weight is 696 g/mol. The van der Waals surface area contributed by atoms with E-state index in [1.165, 1.54) is 6.92 Å². The molecule has 0 aromatic rings. The number of ether oxygens (including phenoxy) is 3. The summed E-state index contributed by atoms with van der Waals surface area (Å²) in [6, 6.07) is -6.15. The van der Waals surface area contributed by atoms with Gasteiger partial charge in [0, 0.05) is 20.3 Å². The fourth-order valence-corrected chi connectivity index (χ4v) is 4.56. The molecule has 1 aliphatic rings. The zero-order chi connectivity index (χ0) is 36.9. The molecule has 0 aliphatic carbocycles. The van der Waals surface area contributed by atoms with Crippen LogP contribution in [-0.2, 0) is 47.8 Å². The zero-order valence-corrected chi connectivity index (χ0v) is 26.7. The van der Waals surface area contributed by atoms with E-state index in [1.807, 2.05) is 0 Å². The van der Waals surface area contributed by atoms with E-state index in [4.69, 9.17) is 19.9 Å². The Balaban J connectivity index is 3.36. The SMILES string of the molecule is CC(=O)NC(C=O)C(OC(C)C(=O)NC(C)C(=O)NC(CCC(N)=O)C(=O)O)C(OC1OC(CO)C(O)C(O)C1NC(C)=O)C(O)CO. The molecule has 12 atom stereocenters. The number of hydrogen-bond donors (Lipinski definition) is 11. The van der Waals surface area contributed by atoms with Crippen molar-refractivity contribution >= 4 is 41.8 Å². The Bertz CT molecular complexity index is 1140. The van der Waals surface area contributed by atoms with Crippen LogP contribution in [-0.4, -0.2) is 159 Å². The number of amides is 5. The Hall–Kier alpha value is -3.83. The van der Waals surface area contributed by atoms with Crippen molar-refractivity contribution in [2.24, 2.45) is 5.73 Å². The van der Waals surface area contributed by atoms with Crippen molar-refractivity contribution in [3.63, 3.8) is 0 Å². The number of nitrogens with two attached hydrogens (primary N) is 1. The lowest BCUT2D eigenvalue weighted by atomic mass is 9.96. The van der Waals surface area contributed by atoms with Crippen LogP contribution >= 0.6 is 0 Å². The number of carbonyl (C=O) groups is 7. The maximum Gasteiger partial charge on any atom is 0.326 e. The third-order valence-corrected chi connectivity index (χ3v) is 7.08. The van der Waals surface area contributed by atoms with Crippen molar-refractivity contribution in [3.05, 3.63) is 0 Å². The lowest BCUT2D eigenvalue weighted by Gasteiger charge is -2.45. The van der Waals surface area contributed by atoms with Gasteiger partial charge < -0.3 is 76.6 Å². The van der Waals surface area contributed by atoms with Crippen LogP contribution < -0.4 is 27.0 Å². The minimum atomic E-state index is -1.96. The standard InChI is InChI=1S/C27H45N5O16/c1-10(24(42)32-14(26(44)45)5-6-18(28)39)29-25(43)11(2)46-22(15(7-33)30-12(3)36)23(16(38)8-34)48-27-19(31-13(4)37)21(41)20(40)17(9-35)47-27/h7,10-11,14-17,19-23,27,34-35,38,40-41H,5-6,8-9H2,1-4H3,(H2,28,39)(H,29,43)(H,30,36)(H,31,37)(H,32,42)(H,44,45). The van der Waals surface area contributed by atoms with Crippen LogP contribution in [0.1, 0.15) is 40.5 Å². The molecule has 0 bridgehead atoms. The highest BCUT2D eigenvalue weighted by Crippen LogP contribution is 2.26. The maximum absolute atomic E-state index is 13.1. The molecule has 48 heavy (non-hydrogen) atoms. The lowest BCUT2D eigenvalue weighted by Crippen LogP contribution is -2.66. The molecule has 1 fully saturated rings. The summed E-state index contributed by atoms with van der Waals surface area (Å²) < 4.78 is 17.0. The highest BCUT2D eigenvalue weighted by atomic mass is 16.7. The van der Waals surface area contributed by atoms with Gasteiger partial charge in [0.05, 0.1) is 13.2 Å². The quantitative estimate of drug-likeness (QED) is 0.0527. The average Bonchev–Trinajstić information content (AvgIpc) is 3.01. The number of carbonyl (C=O) groups excluding carboxylic acids is 6. The Kier molecular flexibility index (Phi) is 17.5. The van der Waals surface area contributed by atoms with Gasteiger partial charge in [0.25, 0.3) is 0 Å². The van der Waals surface area contributed by atoms with Crippen LogP contribution in [0, 0.1) is 0 Å². The summed E-state index contributed by atoms with van der Waals surface area (Å²) in [4.78, 5) is 84.1. The molecule has 0 aromatic carbocycles. The predicted octanol–water partition coefficient (Wildman–Crippen LogP) is -6.51. The fourth-order valence-electron chi connectivity index (χ4n) is 4.56. The molecular weight excluding hydrogens is 650 g/mol. The van der Waals surface area contributed by atoms with Crippen LogP contribution in [0.25, 0.3) is 0 Å². The number of hydrogen-bond acceptors (Lipinski definition) is 15. The smallest absolute Gasteiger partial charge is 0.326 e. The summed E-state index contributed by atoms with van der Waals surface area (Å²) in [7, 11) is 0. The van der Waals surface area contributed by atoms with E-state index in [0.717, 1.165) is 20.8 Å². The van der Waals surface area contributed by atoms with Crippen LogP contribution in [0.3, 0.4) is 0 Å². The second-order valence-corrected chi connectivity index (χ2v) is 11.0. The number of aliphatic hydroxyl groups excluding tert-OH is 5. The Morgan fingerprint density at radius 3 is 2.04 bits per heavy atom. The lowest BCUT2D eigenvalue weighted by molar-refractivity contribution is -0.302. The van der Waals surface area contributed by atoms with E-state index < -0.39 is 122 Å². The topological polar surface area (TPSA) is 343 Å². The van der Waals surface area contributed by atoms with Gasteiger partial charge in [0.15, 0.2) is 6.29 Å². The maximum atomic E-state index is 13.1. The summed E-state index contributed by atoms with van der Waals surface area (Å²) >= 11 is 0. The second kappa shape index (κ2) is 19.9. The number of aliphatic hydroxyl groups is 5. The largest absolute Gasteiger partial charge is 0.480 e. The molecule has 12 unspecified atom stereocenters. The number of nitrogens with one attached hydrogen (secondary N) is 4. The number of rotatable bonds is 20. The third-order valence-electron chi connectivity index (χ3n) is 7.08. The first-order chi connectivity index (χ1) is 22.4. The molecule has 12 N–H and O–H groups in total. The predicted molar refractivity (Wildman–Crippen MR) is 157 cm³/mol. The minimum absolute atomic E-state index is 0.160. The Morgan fingerprint density at radius 2 is 1.56 bits per heavy atom. The molecule has 21 heteroatoms. The van der Waals surface area contributed by atoms with Gasteiger partial charge in [-0.15, -0.1) is 0 Å². The molecule has 0 radical (unpaired) electrons. The van der Waals surface area contributed by atoms with Gasteiger partial charge in [-0.25, -0.2) is 4.79 Å². The normalized spacial score (nSPS) is 25.1. The molecule has 0 spiro atoms. The minimum Gasteiger partial charge on any atom is -0.480 e. The first-order valence-corrected chi connectivity index (χ1v) is 14.7. The van der Waals surface area contributed by atoms with E-state index in [1.54, 1.807) is 0 Å². The molecule has 0 aromatic heterocycles. The molecule has 274 valence electrons. The monoisotopic (exact) mass is 695 g/mol. The summed E-state index contributed by atoms with van der Waals surface area (Å²) in [5.74, 6) is -5.78. The molecule has 1 heterocycles. The van der Waals surface area contributed by atoms with Gasteiger partial charge in [-0.05, 0) is 20.3 Å². The highest BCUT2D eigenvalue weighted by molar-refractivity contribution is 5.91. The number of aliphatic carboxylic acids is 1. The fraction of sp³-hybridized carbons (Fsp3) is 0.741. The molecular formula is C27H45N5O16. The van der Waals surface area contributed by atoms with Crippen molar-refractivity contribution in [2.45, 2.75) is 114 Å². The van der Waals surface area contributed by atoms with Crippen LogP contribution in [0.2, 0.25) is 0 Å². The molecule has 21 nitrogen and oxygen atoms in total. The molecule has 0 saturated carbocycles. The number of carboxylic acids is 1. The number of carboxylic acid groups (broad SMARTS) is 1. The van der Waals surface area contributed by atoms with Crippen LogP contribution in [0.15, 0.2) is 0 Å². The first-order valence-electron chi connectivity index (χ1n) is 14.7. The second-order valence-electron chi connectivity index (χ2n) is 11.0. The van der Waals surface area contributed by atoms with Gasteiger partial charge in [0.2, 0.25) is 29.5 Å². The van der Waals surface area contributed by atoms with Gasteiger partial charge in [-0.3, -0.25) is 24.0 Å². The van der Waals surface area contributed by atoms with E-state index in [0.29, 0.717) is 0 Å². The van der Waals surface area contributed by atoms with Crippen molar-refractivity contribution in [1.82, 2.24) is 21.3 Å². The van der Waals surface area contributed by atoms with Gasteiger partial charge in [-0.1, -0.05) is 0 Å². The highest BCUT2D eigenvalue weighted by Gasteiger charge is 2.49. The number of primary amides is 1. The third kappa shape index (κ3) is 12.6. The van der Waals surface area contributed by atoms with Crippen LogP contribution in [0.4, 0.5) is 0 Å². The summed E-state index contributed by atoms with van der Waals surface area (Å²) in [5, 5.41) is 69.4. The van der Waals surface area contributed by atoms with Crippen LogP contribution in [0.5, 0.6) is 0 Å². The summed E-state index contributed by atoms with van der Waals surface area (Å²) in [6.07, 6.45) is -14.7. The molecule has 1 rings (SSSR count). The Labute approximate surface area is 274 Å². The van der Waals surface area contributed by atoms with Crippen molar-refractivity contribution < 1.29 is 78.4 Å². The molecule has 1 saturated heterocycles. The van der Waals surface area contributed by atoms with E-state index in [-0.39, 0.29) is 19.1 Å². The first kappa shape index (κ1) is 42.2.